The number of halogens is 2. The standard InChI is InChI=1S/C15H16Cl2S/c1-8-7-9(2)11(4)13(10(8)3)14(17)15-12(16)5-6-18-15/h5-7,14H,1-4H3. The fourth-order valence-corrected chi connectivity index (χ4v) is 4.05. The van der Waals surface area contributed by atoms with Crippen LogP contribution < -0.4 is 0 Å². The molecule has 2 rings (SSSR count). The summed E-state index contributed by atoms with van der Waals surface area (Å²) in [6.45, 7) is 8.53. The molecule has 0 fully saturated rings. The third-order valence-electron chi connectivity index (χ3n) is 3.55. The summed E-state index contributed by atoms with van der Waals surface area (Å²) in [6.07, 6.45) is 0. The van der Waals surface area contributed by atoms with Gasteiger partial charge in [-0.3, -0.25) is 0 Å². The normalized spacial score (nSPS) is 12.8. The molecule has 1 heterocycles. The van der Waals surface area contributed by atoms with Crippen molar-refractivity contribution >= 4 is 34.5 Å². The van der Waals surface area contributed by atoms with Gasteiger partial charge in [-0.25, -0.2) is 0 Å². The molecule has 1 aromatic heterocycles. The monoisotopic (exact) mass is 298 g/mol. The third kappa shape index (κ3) is 2.32. The summed E-state index contributed by atoms with van der Waals surface area (Å²) in [5.74, 6) is 0. The number of alkyl halides is 1. The van der Waals surface area contributed by atoms with Gasteiger partial charge in [0.1, 0.15) is 0 Å². The molecule has 0 amide bonds. The summed E-state index contributed by atoms with van der Waals surface area (Å²) < 4.78 is 0. The van der Waals surface area contributed by atoms with Gasteiger partial charge in [0.2, 0.25) is 0 Å². The van der Waals surface area contributed by atoms with Crippen LogP contribution in [0.4, 0.5) is 0 Å². The number of hydrogen-bond donors (Lipinski definition) is 0. The van der Waals surface area contributed by atoms with Crippen LogP contribution in [0, 0.1) is 27.7 Å². The van der Waals surface area contributed by atoms with Crippen molar-refractivity contribution in [3.05, 3.63) is 55.2 Å². The first-order chi connectivity index (χ1) is 8.43. The fourth-order valence-electron chi connectivity index (χ4n) is 2.24. The number of rotatable bonds is 2. The van der Waals surface area contributed by atoms with Gasteiger partial charge < -0.3 is 0 Å². The van der Waals surface area contributed by atoms with Crippen molar-refractivity contribution in [2.75, 3.05) is 0 Å². The molecule has 1 aromatic carbocycles. The van der Waals surface area contributed by atoms with Crippen LogP contribution >= 0.6 is 34.5 Å². The summed E-state index contributed by atoms with van der Waals surface area (Å²) in [5.41, 5.74) is 6.31. The molecule has 18 heavy (non-hydrogen) atoms. The van der Waals surface area contributed by atoms with Gasteiger partial charge in [-0.2, -0.15) is 0 Å². The molecule has 3 heteroatoms. The maximum absolute atomic E-state index is 6.66. The van der Waals surface area contributed by atoms with Crippen molar-refractivity contribution in [3.8, 4) is 0 Å². The quantitative estimate of drug-likeness (QED) is 0.600. The van der Waals surface area contributed by atoms with Crippen LogP contribution in [0.5, 0.6) is 0 Å². The van der Waals surface area contributed by atoms with E-state index in [1.165, 1.54) is 27.8 Å². The van der Waals surface area contributed by atoms with E-state index < -0.39 is 0 Å². The Labute approximate surface area is 123 Å². The Morgan fingerprint density at radius 3 is 2.06 bits per heavy atom. The first-order valence-corrected chi connectivity index (χ1v) is 7.57. The Morgan fingerprint density at radius 1 is 1.06 bits per heavy atom. The first-order valence-electron chi connectivity index (χ1n) is 5.87. The topological polar surface area (TPSA) is 0 Å². The van der Waals surface area contributed by atoms with Crippen LogP contribution in [-0.2, 0) is 0 Å². The molecule has 1 atom stereocenters. The molecule has 0 nitrogen and oxygen atoms in total. The Hall–Kier alpha value is -0.500. The van der Waals surface area contributed by atoms with E-state index in [0.29, 0.717) is 0 Å². The highest BCUT2D eigenvalue weighted by Crippen LogP contribution is 2.41. The van der Waals surface area contributed by atoms with E-state index in [0.717, 1.165) is 9.90 Å². The van der Waals surface area contributed by atoms with Gasteiger partial charge >= 0.3 is 0 Å². The van der Waals surface area contributed by atoms with Gasteiger partial charge in [0.15, 0.2) is 0 Å². The molecule has 0 saturated carbocycles. The minimum Gasteiger partial charge on any atom is -0.145 e. The van der Waals surface area contributed by atoms with Crippen LogP contribution in [0.25, 0.3) is 0 Å². The summed E-state index contributed by atoms with van der Waals surface area (Å²) in [4.78, 5) is 1.04. The lowest BCUT2D eigenvalue weighted by molar-refractivity contribution is 1.07. The largest absolute Gasteiger partial charge is 0.145 e. The predicted octanol–water partition coefficient (Wildman–Crippen LogP) is 5.96. The lowest BCUT2D eigenvalue weighted by atomic mass is 9.92. The molecule has 0 N–H and O–H groups in total. The summed E-state index contributed by atoms with van der Waals surface area (Å²) in [7, 11) is 0. The average molecular weight is 299 g/mol. The van der Waals surface area contributed by atoms with Gasteiger partial charge in [-0.15, -0.1) is 22.9 Å². The smallest absolute Gasteiger partial charge is 0.0948 e. The maximum Gasteiger partial charge on any atom is 0.0948 e. The summed E-state index contributed by atoms with van der Waals surface area (Å²) in [6, 6.07) is 4.12. The summed E-state index contributed by atoms with van der Waals surface area (Å²) >= 11 is 14.5. The van der Waals surface area contributed by atoms with Crippen LogP contribution in [0.2, 0.25) is 5.02 Å². The lowest BCUT2D eigenvalue weighted by Gasteiger charge is -2.19. The van der Waals surface area contributed by atoms with Crippen LogP contribution in [0.3, 0.4) is 0 Å². The molecule has 2 aromatic rings. The van der Waals surface area contributed by atoms with E-state index in [9.17, 15) is 0 Å². The second-order valence-corrected chi connectivity index (χ2v) is 6.46. The highest BCUT2D eigenvalue weighted by Gasteiger charge is 2.21. The molecule has 0 radical (unpaired) electrons. The molecule has 1 unspecified atom stereocenters. The molecule has 0 saturated heterocycles. The summed E-state index contributed by atoms with van der Waals surface area (Å²) in [5, 5.41) is 2.59. The van der Waals surface area contributed by atoms with Gasteiger partial charge in [0.05, 0.1) is 10.4 Å². The Balaban J connectivity index is 2.61. The minimum atomic E-state index is -0.156. The van der Waals surface area contributed by atoms with Gasteiger partial charge in [-0.05, 0) is 67.0 Å². The third-order valence-corrected chi connectivity index (χ3v) is 5.54. The minimum absolute atomic E-state index is 0.156. The van der Waals surface area contributed by atoms with Gasteiger partial charge in [0.25, 0.3) is 0 Å². The van der Waals surface area contributed by atoms with Crippen molar-refractivity contribution in [1.82, 2.24) is 0 Å². The highest BCUT2D eigenvalue weighted by atomic mass is 35.5. The molecule has 0 bridgehead atoms. The van der Waals surface area contributed by atoms with Crippen molar-refractivity contribution < 1.29 is 0 Å². The van der Waals surface area contributed by atoms with Crippen molar-refractivity contribution in [2.24, 2.45) is 0 Å². The van der Waals surface area contributed by atoms with Gasteiger partial charge in [-0.1, -0.05) is 17.7 Å². The Bertz CT molecular complexity index is 558. The number of hydrogen-bond acceptors (Lipinski definition) is 1. The lowest BCUT2D eigenvalue weighted by Crippen LogP contribution is -2.02. The van der Waals surface area contributed by atoms with Crippen LogP contribution in [0.15, 0.2) is 17.5 Å². The second-order valence-electron chi connectivity index (χ2n) is 4.67. The molecular formula is C15H16Cl2S. The Kier molecular flexibility index (Phi) is 4.05. The fraction of sp³-hybridized carbons (Fsp3) is 0.333. The van der Waals surface area contributed by atoms with E-state index >= 15 is 0 Å². The Morgan fingerprint density at radius 2 is 1.61 bits per heavy atom. The SMILES string of the molecule is Cc1cc(C)c(C)c(C(Cl)c2sccc2Cl)c1C. The molecule has 0 spiro atoms. The van der Waals surface area contributed by atoms with Crippen molar-refractivity contribution in [2.45, 2.75) is 33.1 Å². The molecule has 96 valence electrons. The van der Waals surface area contributed by atoms with Crippen molar-refractivity contribution in [1.29, 1.82) is 0 Å². The zero-order valence-electron chi connectivity index (χ0n) is 11.0. The predicted molar refractivity (Wildman–Crippen MR) is 82.4 cm³/mol. The molecule has 0 aliphatic heterocycles. The van der Waals surface area contributed by atoms with E-state index in [1.807, 2.05) is 11.4 Å². The van der Waals surface area contributed by atoms with Crippen LogP contribution in [0.1, 0.15) is 38.1 Å². The highest BCUT2D eigenvalue weighted by molar-refractivity contribution is 7.11. The van der Waals surface area contributed by atoms with E-state index in [4.69, 9.17) is 23.2 Å². The molecular weight excluding hydrogens is 283 g/mol. The first kappa shape index (κ1) is 13.9. The zero-order valence-corrected chi connectivity index (χ0v) is 13.3. The average Bonchev–Trinajstić information content (AvgIpc) is 2.73. The van der Waals surface area contributed by atoms with Gasteiger partial charge in [0, 0.05) is 4.88 Å². The molecule has 0 aliphatic rings. The number of aryl methyl sites for hydroxylation is 2. The van der Waals surface area contributed by atoms with E-state index in [1.54, 1.807) is 11.3 Å². The molecule has 0 aliphatic carbocycles. The van der Waals surface area contributed by atoms with Crippen molar-refractivity contribution in [3.63, 3.8) is 0 Å². The second kappa shape index (κ2) is 5.24. The number of thiophene rings is 1. The maximum atomic E-state index is 6.66. The number of benzene rings is 1. The van der Waals surface area contributed by atoms with E-state index in [-0.39, 0.29) is 5.38 Å². The zero-order chi connectivity index (χ0) is 13.4. The van der Waals surface area contributed by atoms with Crippen LogP contribution in [-0.4, -0.2) is 0 Å². The van der Waals surface area contributed by atoms with E-state index in [2.05, 4.69) is 33.8 Å².